The van der Waals surface area contributed by atoms with E-state index in [-0.39, 0.29) is 25.4 Å². The van der Waals surface area contributed by atoms with E-state index in [1.54, 1.807) is 12.1 Å². The van der Waals surface area contributed by atoms with E-state index in [0.29, 0.717) is 30.3 Å². The van der Waals surface area contributed by atoms with E-state index < -0.39 is 23.8 Å². The second kappa shape index (κ2) is 11.9. The highest BCUT2D eigenvalue weighted by Crippen LogP contribution is 2.32. The number of piperidine rings is 2. The number of piperazine rings is 1. The summed E-state index contributed by atoms with van der Waals surface area (Å²) in [6.45, 7) is 9.13. The number of nitrogens with zero attached hydrogens (tertiary/aromatic N) is 4. The summed E-state index contributed by atoms with van der Waals surface area (Å²) < 4.78 is 5.38. The third kappa shape index (κ3) is 5.75. The lowest BCUT2D eigenvalue weighted by Gasteiger charge is -2.39. The van der Waals surface area contributed by atoms with Crippen LogP contribution in [0.4, 0.5) is 5.69 Å². The highest BCUT2D eigenvalue weighted by atomic mass is 16.5. The number of carbonyl (C=O) groups is 4. The Bertz CT molecular complexity index is 1060. The van der Waals surface area contributed by atoms with Gasteiger partial charge in [-0.3, -0.25) is 34.3 Å². The Balaban J connectivity index is 1.11. The van der Waals surface area contributed by atoms with E-state index in [0.717, 1.165) is 75.8 Å². The van der Waals surface area contributed by atoms with Gasteiger partial charge in [0.25, 0.3) is 11.8 Å². The summed E-state index contributed by atoms with van der Waals surface area (Å²) in [6, 6.07) is 4.42. The summed E-state index contributed by atoms with van der Waals surface area (Å²) in [5.74, 6) is -1.27. The van der Waals surface area contributed by atoms with Crippen molar-refractivity contribution < 1.29 is 29.0 Å². The Labute approximate surface area is 222 Å². The van der Waals surface area contributed by atoms with Crippen LogP contribution in [0, 0.1) is 5.92 Å². The summed E-state index contributed by atoms with van der Waals surface area (Å²) in [5.41, 5.74) is 1.57. The van der Waals surface area contributed by atoms with Crippen molar-refractivity contribution in [3.8, 4) is 0 Å². The fraction of sp³-hybridized carbons (Fsp3) is 0.630. The van der Waals surface area contributed by atoms with Crippen molar-refractivity contribution in [1.82, 2.24) is 20.0 Å². The van der Waals surface area contributed by atoms with Crippen molar-refractivity contribution in [2.24, 2.45) is 5.92 Å². The van der Waals surface area contributed by atoms with Crippen LogP contribution >= 0.6 is 0 Å². The molecule has 2 N–H and O–H groups in total. The predicted molar refractivity (Wildman–Crippen MR) is 139 cm³/mol. The molecule has 4 amide bonds. The number of ether oxygens (including phenoxy) is 1. The number of aliphatic hydroxyl groups excluding tert-OH is 1. The maximum Gasteiger partial charge on any atom is 0.262 e. The maximum absolute atomic E-state index is 13.1. The van der Waals surface area contributed by atoms with E-state index in [9.17, 15) is 19.2 Å². The average Bonchev–Trinajstić information content (AvgIpc) is 3.17. The second-order valence-corrected chi connectivity index (χ2v) is 10.6. The van der Waals surface area contributed by atoms with Gasteiger partial charge in [0.15, 0.2) is 0 Å². The molecule has 4 aliphatic rings. The van der Waals surface area contributed by atoms with Crippen LogP contribution < -0.4 is 10.2 Å². The molecule has 11 heteroatoms. The topological polar surface area (TPSA) is 123 Å². The number of rotatable bonds is 9. The number of benzene rings is 1. The highest BCUT2D eigenvalue weighted by Gasteiger charge is 2.44. The van der Waals surface area contributed by atoms with Gasteiger partial charge in [-0.25, -0.2) is 0 Å². The smallest absolute Gasteiger partial charge is 0.262 e. The molecular formula is C27H37N5O6. The second-order valence-electron chi connectivity index (χ2n) is 10.6. The van der Waals surface area contributed by atoms with Crippen LogP contribution in [-0.4, -0.2) is 122 Å². The minimum Gasteiger partial charge on any atom is -0.394 e. The number of imide groups is 2. The van der Waals surface area contributed by atoms with Crippen LogP contribution in [0.2, 0.25) is 0 Å². The first kappa shape index (κ1) is 26.7. The molecule has 4 aliphatic heterocycles. The van der Waals surface area contributed by atoms with Crippen LogP contribution in [0.15, 0.2) is 18.2 Å². The zero-order chi connectivity index (χ0) is 26.6. The average molecular weight is 528 g/mol. The quantitative estimate of drug-likeness (QED) is 0.336. The number of amides is 4. The van der Waals surface area contributed by atoms with E-state index >= 15 is 0 Å². The standard InChI is InChI=1S/C27H37N5O6/c33-14-16-38-15-13-29-9-11-30(12-10-29)18-19-5-7-31(8-6-19)20-1-2-21-22(17-20)27(37)32(26(21)36)23-3-4-24(34)28-25(23)35/h1-2,17,19,23,33H,3-16,18H2,(H,28,34,35). The molecule has 5 rings (SSSR count). The SMILES string of the molecule is O=C1CCC(N2C(=O)c3ccc(N4CCC(CN5CCN(CCOCCO)CC5)CC4)cc3C2=O)C(=O)N1. The Morgan fingerprint density at radius 2 is 1.58 bits per heavy atom. The Kier molecular flexibility index (Phi) is 8.37. The van der Waals surface area contributed by atoms with Gasteiger partial charge in [0, 0.05) is 64.5 Å². The van der Waals surface area contributed by atoms with E-state index in [1.165, 1.54) is 0 Å². The molecule has 0 aliphatic carbocycles. The van der Waals surface area contributed by atoms with Crippen LogP contribution in [-0.2, 0) is 14.3 Å². The lowest BCUT2D eigenvalue weighted by atomic mass is 9.95. The van der Waals surface area contributed by atoms with Gasteiger partial charge < -0.3 is 19.6 Å². The zero-order valence-electron chi connectivity index (χ0n) is 21.8. The fourth-order valence-corrected chi connectivity index (χ4v) is 5.95. The van der Waals surface area contributed by atoms with Crippen molar-refractivity contribution in [2.45, 2.75) is 31.7 Å². The van der Waals surface area contributed by atoms with Crippen molar-refractivity contribution in [1.29, 1.82) is 0 Å². The van der Waals surface area contributed by atoms with Crippen LogP contribution in [0.5, 0.6) is 0 Å². The van der Waals surface area contributed by atoms with Crippen molar-refractivity contribution in [2.75, 3.05) is 77.1 Å². The van der Waals surface area contributed by atoms with Gasteiger partial charge in [0.2, 0.25) is 11.8 Å². The van der Waals surface area contributed by atoms with Gasteiger partial charge in [-0.2, -0.15) is 0 Å². The number of hydrogen-bond donors (Lipinski definition) is 2. The maximum atomic E-state index is 13.1. The van der Waals surface area contributed by atoms with Gasteiger partial charge >= 0.3 is 0 Å². The molecule has 0 radical (unpaired) electrons. The number of carbonyl (C=O) groups excluding carboxylic acids is 4. The molecule has 206 valence electrons. The van der Waals surface area contributed by atoms with Gasteiger partial charge in [-0.05, 0) is 43.4 Å². The number of nitrogens with one attached hydrogen (secondary N) is 1. The van der Waals surface area contributed by atoms with Crippen molar-refractivity contribution in [3.63, 3.8) is 0 Å². The van der Waals surface area contributed by atoms with Gasteiger partial charge in [0.05, 0.1) is 30.9 Å². The van der Waals surface area contributed by atoms with Gasteiger partial charge in [-0.1, -0.05) is 0 Å². The normalized spacial score (nSPS) is 23.8. The first-order chi connectivity index (χ1) is 18.4. The fourth-order valence-electron chi connectivity index (χ4n) is 5.95. The van der Waals surface area contributed by atoms with Crippen LogP contribution in [0.3, 0.4) is 0 Å². The molecule has 4 heterocycles. The first-order valence-corrected chi connectivity index (χ1v) is 13.7. The summed E-state index contributed by atoms with van der Waals surface area (Å²) >= 11 is 0. The van der Waals surface area contributed by atoms with E-state index in [4.69, 9.17) is 9.84 Å². The highest BCUT2D eigenvalue weighted by molar-refractivity contribution is 6.23. The molecule has 38 heavy (non-hydrogen) atoms. The molecule has 1 atom stereocenters. The summed E-state index contributed by atoms with van der Waals surface area (Å²) in [6.07, 6.45) is 2.41. The van der Waals surface area contributed by atoms with Gasteiger partial charge in [0.1, 0.15) is 6.04 Å². The Hall–Kier alpha value is -2.86. The molecular weight excluding hydrogens is 490 g/mol. The number of hydrogen-bond acceptors (Lipinski definition) is 9. The number of anilines is 1. The minimum absolute atomic E-state index is 0.0695. The van der Waals surface area contributed by atoms with Crippen LogP contribution in [0.25, 0.3) is 0 Å². The monoisotopic (exact) mass is 527 g/mol. The van der Waals surface area contributed by atoms with E-state index in [1.807, 2.05) is 6.07 Å². The third-order valence-corrected chi connectivity index (χ3v) is 8.17. The Morgan fingerprint density at radius 1 is 0.868 bits per heavy atom. The predicted octanol–water partition coefficient (Wildman–Crippen LogP) is -0.0693. The molecule has 1 aromatic carbocycles. The van der Waals surface area contributed by atoms with Crippen molar-refractivity contribution >= 4 is 29.3 Å². The summed E-state index contributed by atoms with van der Waals surface area (Å²) in [5, 5.41) is 11.0. The molecule has 0 spiro atoms. The minimum atomic E-state index is -0.944. The number of aliphatic hydroxyl groups is 1. The molecule has 0 saturated carbocycles. The van der Waals surface area contributed by atoms with E-state index in [2.05, 4.69) is 20.0 Å². The largest absolute Gasteiger partial charge is 0.394 e. The third-order valence-electron chi connectivity index (χ3n) is 8.17. The lowest BCUT2D eigenvalue weighted by Crippen LogP contribution is -2.54. The molecule has 3 saturated heterocycles. The zero-order valence-corrected chi connectivity index (χ0v) is 21.8. The molecule has 0 aromatic heterocycles. The molecule has 0 bridgehead atoms. The molecule has 1 aromatic rings. The first-order valence-electron chi connectivity index (χ1n) is 13.7. The van der Waals surface area contributed by atoms with Crippen LogP contribution in [0.1, 0.15) is 46.4 Å². The Morgan fingerprint density at radius 3 is 2.29 bits per heavy atom. The number of fused-ring (bicyclic) bond motifs is 1. The van der Waals surface area contributed by atoms with Crippen molar-refractivity contribution in [3.05, 3.63) is 29.3 Å². The molecule has 11 nitrogen and oxygen atoms in total. The summed E-state index contributed by atoms with van der Waals surface area (Å²) in [7, 11) is 0. The molecule has 3 fully saturated rings. The summed E-state index contributed by atoms with van der Waals surface area (Å²) in [4.78, 5) is 58.1. The molecule has 1 unspecified atom stereocenters. The lowest BCUT2D eigenvalue weighted by molar-refractivity contribution is -0.136. The van der Waals surface area contributed by atoms with Gasteiger partial charge in [-0.15, -0.1) is 0 Å².